The van der Waals surface area contributed by atoms with Gasteiger partial charge in [0.1, 0.15) is 6.54 Å². The van der Waals surface area contributed by atoms with Gasteiger partial charge in [0.15, 0.2) is 5.96 Å². The summed E-state index contributed by atoms with van der Waals surface area (Å²) in [6.45, 7) is 2.83. The zero-order valence-electron chi connectivity index (χ0n) is 17.8. The number of carbonyl (C=O) groups is 1. The van der Waals surface area contributed by atoms with E-state index in [2.05, 4.69) is 51.3 Å². The Labute approximate surface area is 178 Å². The van der Waals surface area contributed by atoms with Crippen LogP contribution in [0.3, 0.4) is 0 Å². The number of nitrogens with zero attached hydrogens (tertiary/aromatic N) is 2. The molecule has 1 aromatic carbocycles. The monoisotopic (exact) mass is 404 g/mol. The Kier molecular flexibility index (Phi) is 4.92. The predicted molar refractivity (Wildman–Crippen MR) is 120 cm³/mol. The quantitative estimate of drug-likeness (QED) is 0.583. The van der Waals surface area contributed by atoms with E-state index in [1.165, 1.54) is 44.2 Å². The number of aliphatic imine (C=N–C) groups is 1. The molecule has 1 aromatic heterocycles. The highest BCUT2D eigenvalue weighted by Crippen LogP contribution is 2.61. The zero-order valence-corrected chi connectivity index (χ0v) is 17.8. The predicted octanol–water partition coefficient (Wildman–Crippen LogP) is 4.07. The maximum Gasteiger partial charge on any atom is 0.268 e. The van der Waals surface area contributed by atoms with Crippen LogP contribution in [0.2, 0.25) is 0 Å². The van der Waals surface area contributed by atoms with E-state index in [-0.39, 0.29) is 23.8 Å². The van der Waals surface area contributed by atoms with Crippen molar-refractivity contribution >= 4 is 11.9 Å². The first-order chi connectivity index (χ1) is 14.6. The molecule has 4 saturated carbocycles. The molecule has 0 saturated heterocycles. The van der Waals surface area contributed by atoms with Crippen LogP contribution < -0.4 is 11.1 Å². The zero-order chi connectivity index (χ0) is 20.7. The van der Waals surface area contributed by atoms with Crippen LogP contribution in [0.1, 0.15) is 51.1 Å². The maximum absolute atomic E-state index is 12.8. The van der Waals surface area contributed by atoms with E-state index < -0.39 is 0 Å². The molecule has 4 fully saturated rings. The summed E-state index contributed by atoms with van der Waals surface area (Å²) in [7, 11) is 0. The van der Waals surface area contributed by atoms with Crippen LogP contribution in [-0.2, 0) is 16.8 Å². The number of guanidine groups is 1. The molecule has 1 heterocycles. The number of nitrogens with one attached hydrogen (secondary N) is 1. The molecular formula is C25H32N4O. The summed E-state index contributed by atoms with van der Waals surface area (Å²) in [6, 6.07) is 14.9. The second-order valence-corrected chi connectivity index (χ2v) is 9.67. The van der Waals surface area contributed by atoms with Gasteiger partial charge in [-0.15, -0.1) is 0 Å². The second kappa shape index (κ2) is 7.60. The first-order valence-corrected chi connectivity index (χ1v) is 11.4. The summed E-state index contributed by atoms with van der Waals surface area (Å²) in [5, 5.41) is 2.92. The molecule has 0 unspecified atom stereocenters. The molecule has 158 valence electrons. The highest BCUT2D eigenvalue weighted by molar-refractivity contribution is 5.92. The third-order valence-corrected chi connectivity index (χ3v) is 7.53. The Bertz CT molecular complexity index is 923. The van der Waals surface area contributed by atoms with Gasteiger partial charge in [-0.05, 0) is 80.9 Å². The number of benzene rings is 1. The smallest absolute Gasteiger partial charge is 0.268 e. The molecule has 2 aromatic rings. The molecule has 4 aliphatic rings. The van der Waals surface area contributed by atoms with Gasteiger partial charge in [0.05, 0.1) is 0 Å². The van der Waals surface area contributed by atoms with Crippen LogP contribution >= 0.6 is 0 Å². The van der Waals surface area contributed by atoms with Crippen molar-refractivity contribution in [2.24, 2.45) is 28.5 Å². The summed E-state index contributed by atoms with van der Waals surface area (Å²) in [5.41, 5.74) is 9.66. The normalized spacial score (nSPS) is 29.9. The van der Waals surface area contributed by atoms with E-state index in [0.29, 0.717) is 6.54 Å². The van der Waals surface area contributed by atoms with Gasteiger partial charge < -0.3 is 15.6 Å². The lowest BCUT2D eigenvalue weighted by atomic mass is 9.49. The third-order valence-electron chi connectivity index (χ3n) is 7.53. The number of nitrogens with two attached hydrogens (primary N) is 1. The molecule has 0 atom stereocenters. The van der Waals surface area contributed by atoms with Gasteiger partial charge in [-0.3, -0.25) is 4.79 Å². The van der Waals surface area contributed by atoms with Crippen LogP contribution in [0.15, 0.2) is 47.5 Å². The standard InChI is InChI=1S/C25H32N4O/c1-2-27-24(26)28-23(30)16-29-21(20-6-4-3-5-7-20)8-9-22(29)25-13-17-10-18(14-25)12-19(11-17)15-25/h3-9,17-19H,2,10-16H2,1H3,(H3,26,27,28,30). The minimum atomic E-state index is -0.201. The van der Waals surface area contributed by atoms with E-state index in [1.54, 1.807) is 0 Å². The molecule has 6 rings (SSSR count). The van der Waals surface area contributed by atoms with Crippen LogP contribution in [0.25, 0.3) is 11.3 Å². The molecule has 5 heteroatoms. The van der Waals surface area contributed by atoms with E-state index >= 15 is 0 Å². The molecule has 0 aliphatic heterocycles. The van der Waals surface area contributed by atoms with Crippen LogP contribution in [-0.4, -0.2) is 23.0 Å². The molecule has 4 aliphatic carbocycles. The van der Waals surface area contributed by atoms with Crippen LogP contribution in [0.4, 0.5) is 0 Å². The van der Waals surface area contributed by atoms with Gasteiger partial charge in [-0.1, -0.05) is 30.3 Å². The van der Waals surface area contributed by atoms with E-state index in [1.807, 2.05) is 13.0 Å². The van der Waals surface area contributed by atoms with Crippen molar-refractivity contribution in [3.63, 3.8) is 0 Å². The fourth-order valence-electron chi connectivity index (χ4n) is 6.91. The summed E-state index contributed by atoms with van der Waals surface area (Å²) in [5.74, 6) is 2.58. The van der Waals surface area contributed by atoms with E-state index in [9.17, 15) is 4.79 Å². The second-order valence-electron chi connectivity index (χ2n) is 9.67. The summed E-state index contributed by atoms with van der Waals surface area (Å²) < 4.78 is 2.24. The lowest BCUT2D eigenvalue weighted by Gasteiger charge is -2.57. The lowest BCUT2D eigenvalue weighted by Crippen LogP contribution is -2.49. The number of hydrogen-bond acceptors (Lipinski definition) is 1. The van der Waals surface area contributed by atoms with Gasteiger partial charge >= 0.3 is 0 Å². The van der Waals surface area contributed by atoms with Gasteiger partial charge in [0.2, 0.25) is 0 Å². The molecule has 1 amide bonds. The summed E-state index contributed by atoms with van der Waals surface area (Å²) >= 11 is 0. The van der Waals surface area contributed by atoms with Crippen molar-refractivity contribution in [1.82, 2.24) is 9.88 Å². The average Bonchev–Trinajstić information content (AvgIpc) is 3.12. The number of aromatic nitrogens is 1. The molecule has 0 spiro atoms. The fraction of sp³-hybridized carbons (Fsp3) is 0.520. The number of amides is 1. The van der Waals surface area contributed by atoms with Crippen LogP contribution in [0, 0.1) is 17.8 Å². The van der Waals surface area contributed by atoms with Crippen molar-refractivity contribution in [3.05, 3.63) is 48.2 Å². The highest BCUT2D eigenvalue weighted by Gasteiger charge is 2.52. The molecule has 3 N–H and O–H groups in total. The first-order valence-electron chi connectivity index (χ1n) is 11.4. The molecule has 4 bridgehead atoms. The molecule has 0 radical (unpaired) electrons. The SMILES string of the molecule is CCN/C(N)=N\C(=O)Cn1c(-c2ccccc2)ccc1C12CC3CC(CC(C3)C1)C2. The lowest BCUT2D eigenvalue weighted by molar-refractivity contribution is -0.118. The Hall–Kier alpha value is -2.56. The number of carbonyl (C=O) groups excluding carboxylic acids is 1. The Balaban J connectivity index is 1.54. The fourth-order valence-corrected chi connectivity index (χ4v) is 6.91. The highest BCUT2D eigenvalue weighted by atomic mass is 16.1. The Morgan fingerprint density at radius 2 is 1.70 bits per heavy atom. The van der Waals surface area contributed by atoms with Gasteiger partial charge in [-0.2, -0.15) is 4.99 Å². The van der Waals surface area contributed by atoms with E-state index in [4.69, 9.17) is 5.73 Å². The Morgan fingerprint density at radius 1 is 1.07 bits per heavy atom. The van der Waals surface area contributed by atoms with Crippen LogP contribution in [0.5, 0.6) is 0 Å². The van der Waals surface area contributed by atoms with Crippen molar-refractivity contribution in [3.8, 4) is 11.3 Å². The maximum atomic E-state index is 12.8. The van der Waals surface area contributed by atoms with Gasteiger partial charge in [0.25, 0.3) is 5.91 Å². The Morgan fingerprint density at radius 3 is 2.30 bits per heavy atom. The minimum Gasteiger partial charge on any atom is -0.370 e. The molecular weight excluding hydrogens is 372 g/mol. The van der Waals surface area contributed by atoms with Gasteiger partial charge in [-0.25, -0.2) is 0 Å². The van der Waals surface area contributed by atoms with Crippen molar-refractivity contribution in [2.75, 3.05) is 6.54 Å². The summed E-state index contributed by atoms with van der Waals surface area (Å²) in [6.07, 6.45) is 8.05. The minimum absolute atomic E-state index is 0.201. The van der Waals surface area contributed by atoms with Gasteiger partial charge in [0, 0.05) is 23.3 Å². The third kappa shape index (κ3) is 3.44. The van der Waals surface area contributed by atoms with Crippen molar-refractivity contribution in [1.29, 1.82) is 0 Å². The number of rotatable bonds is 5. The first kappa shape index (κ1) is 19.4. The molecule has 30 heavy (non-hydrogen) atoms. The largest absolute Gasteiger partial charge is 0.370 e. The topological polar surface area (TPSA) is 72.4 Å². The van der Waals surface area contributed by atoms with Crippen molar-refractivity contribution < 1.29 is 4.79 Å². The van der Waals surface area contributed by atoms with E-state index in [0.717, 1.165) is 29.0 Å². The summed E-state index contributed by atoms with van der Waals surface area (Å²) in [4.78, 5) is 16.9. The number of hydrogen-bond donors (Lipinski definition) is 2. The molecule has 5 nitrogen and oxygen atoms in total. The van der Waals surface area contributed by atoms with Crippen molar-refractivity contribution in [2.45, 2.75) is 57.4 Å². The average molecular weight is 405 g/mol.